The second kappa shape index (κ2) is 8.44. The molecule has 23 heavy (non-hydrogen) atoms. The van der Waals surface area contributed by atoms with E-state index in [-0.39, 0.29) is 5.91 Å². The molecule has 0 heterocycles. The van der Waals surface area contributed by atoms with Crippen LogP contribution in [0.4, 0.5) is 0 Å². The second-order valence-electron chi connectivity index (χ2n) is 5.15. The molecule has 0 bridgehead atoms. The van der Waals surface area contributed by atoms with Crippen LogP contribution in [0.5, 0.6) is 11.5 Å². The highest BCUT2D eigenvalue weighted by atomic mass is 35.5. The molecule has 1 N–H and O–H groups in total. The van der Waals surface area contributed by atoms with E-state index < -0.39 is 6.10 Å². The SMILES string of the molecule is Cc1cccc(OCCNC(=O)[C@H](C)Oc2ccccc2Cl)c1. The summed E-state index contributed by atoms with van der Waals surface area (Å²) >= 11 is 6.00. The van der Waals surface area contributed by atoms with Crippen molar-refractivity contribution in [2.45, 2.75) is 20.0 Å². The summed E-state index contributed by atoms with van der Waals surface area (Å²) in [5.41, 5.74) is 1.13. The summed E-state index contributed by atoms with van der Waals surface area (Å²) in [6.45, 7) is 4.49. The topological polar surface area (TPSA) is 47.6 Å². The number of carbonyl (C=O) groups excluding carboxylic acids is 1. The average molecular weight is 334 g/mol. The van der Waals surface area contributed by atoms with Crippen LogP contribution in [-0.2, 0) is 4.79 Å². The molecule has 2 aromatic carbocycles. The first-order valence-electron chi connectivity index (χ1n) is 7.44. The van der Waals surface area contributed by atoms with E-state index in [0.717, 1.165) is 11.3 Å². The highest BCUT2D eigenvalue weighted by Crippen LogP contribution is 2.24. The summed E-state index contributed by atoms with van der Waals surface area (Å²) < 4.78 is 11.1. The Labute approximate surface area is 141 Å². The fraction of sp³-hybridized carbons (Fsp3) is 0.278. The molecule has 0 spiro atoms. The van der Waals surface area contributed by atoms with E-state index in [2.05, 4.69) is 5.32 Å². The molecule has 2 rings (SSSR count). The second-order valence-corrected chi connectivity index (χ2v) is 5.55. The average Bonchev–Trinajstić information content (AvgIpc) is 2.53. The lowest BCUT2D eigenvalue weighted by molar-refractivity contribution is -0.127. The van der Waals surface area contributed by atoms with Crippen LogP contribution < -0.4 is 14.8 Å². The summed E-state index contributed by atoms with van der Waals surface area (Å²) in [7, 11) is 0. The van der Waals surface area contributed by atoms with E-state index in [1.54, 1.807) is 19.1 Å². The van der Waals surface area contributed by atoms with Crippen LogP contribution in [0.2, 0.25) is 5.02 Å². The van der Waals surface area contributed by atoms with E-state index in [4.69, 9.17) is 21.1 Å². The maximum absolute atomic E-state index is 12.0. The molecule has 0 saturated carbocycles. The molecular formula is C18H20ClNO3. The number of ether oxygens (including phenoxy) is 2. The quantitative estimate of drug-likeness (QED) is 0.787. The predicted molar refractivity (Wildman–Crippen MR) is 91.2 cm³/mol. The van der Waals surface area contributed by atoms with Gasteiger partial charge in [0.1, 0.15) is 18.1 Å². The van der Waals surface area contributed by atoms with Crippen molar-refractivity contribution >= 4 is 17.5 Å². The van der Waals surface area contributed by atoms with Gasteiger partial charge in [-0.2, -0.15) is 0 Å². The molecule has 0 radical (unpaired) electrons. The zero-order chi connectivity index (χ0) is 16.7. The molecular weight excluding hydrogens is 314 g/mol. The molecule has 0 aliphatic heterocycles. The standard InChI is InChI=1S/C18H20ClNO3/c1-13-6-5-7-15(12-13)22-11-10-20-18(21)14(2)23-17-9-4-3-8-16(17)19/h3-9,12,14H,10-11H2,1-2H3,(H,20,21)/t14-/m0/s1. The fourth-order valence-corrected chi connectivity index (χ4v) is 2.16. The molecule has 0 aliphatic carbocycles. The Hall–Kier alpha value is -2.20. The Bertz CT molecular complexity index is 660. The van der Waals surface area contributed by atoms with Gasteiger partial charge in [0.2, 0.25) is 0 Å². The van der Waals surface area contributed by atoms with Crippen molar-refractivity contribution in [2.24, 2.45) is 0 Å². The lowest BCUT2D eigenvalue weighted by Crippen LogP contribution is -2.38. The molecule has 0 fully saturated rings. The first kappa shape index (κ1) is 17.2. The van der Waals surface area contributed by atoms with Gasteiger partial charge in [-0.25, -0.2) is 0 Å². The number of rotatable bonds is 7. The minimum absolute atomic E-state index is 0.210. The van der Waals surface area contributed by atoms with Gasteiger partial charge in [0, 0.05) is 0 Å². The van der Waals surface area contributed by atoms with Gasteiger partial charge in [0.05, 0.1) is 11.6 Å². The van der Waals surface area contributed by atoms with Crippen LogP contribution in [0.1, 0.15) is 12.5 Å². The number of carbonyl (C=O) groups is 1. The third kappa shape index (κ3) is 5.49. The molecule has 5 heteroatoms. The number of aryl methyl sites for hydroxylation is 1. The van der Waals surface area contributed by atoms with Gasteiger partial charge < -0.3 is 14.8 Å². The summed E-state index contributed by atoms with van der Waals surface area (Å²) in [5, 5.41) is 3.26. The zero-order valence-electron chi connectivity index (χ0n) is 13.2. The third-order valence-corrected chi connectivity index (χ3v) is 3.48. The van der Waals surface area contributed by atoms with Crippen LogP contribution in [0, 0.1) is 6.92 Å². The molecule has 1 atom stereocenters. The Kier molecular flexibility index (Phi) is 6.29. The molecule has 4 nitrogen and oxygen atoms in total. The summed E-state index contributed by atoms with van der Waals surface area (Å²) in [6.07, 6.45) is -0.631. The Morgan fingerprint density at radius 3 is 2.74 bits per heavy atom. The lowest BCUT2D eigenvalue weighted by atomic mass is 10.2. The smallest absolute Gasteiger partial charge is 0.260 e. The molecule has 122 valence electrons. The van der Waals surface area contributed by atoms with E-state index in [0.29, 0.717) is 23.9 Å². The maximum atomic E-state index is 12.0. The third-order valence-electron chi connectivity index (χ3n) is 3.17. The lowest BCUT2D eigenvalue weighted by Gasteiger charge is -2.15. The van der Waals surface area contributed by atoms with Gasteiger partial charge in [-0.1, -0.05) is 35.9 Å². The van der Waals surface area contributed by atoms with Crippen LogP contribution in [0.25, 0.3) is 0 Å². The largest absolute Gasteiger partial charge is 0.492 e. The van der Waals surface area contributed by atoms with Gasteiger partial charge in [-0.3, -0.25) is 4.79 Å². The van der Waals surface area contributed by atoms with Crippen molar-refractivity contribution in [3.63, 3.8) is 0 Å². The van der Waals surface area contributed by atoms with Crippen molar-refractivity contribution in [1.82, 2.24) is 5.32 Å². The Morgan fingerprint density at radius 1 is 1.22 bits per heavy atom. The number of hydrogen-bond donors (Lipinski definition) is 1. The highest BCUT2D eigenvalue weighted by molar-refractivity contribution is 6.32. The van der Waals surface area contributed by atoms with Gasteiger partial charge in [0.25, 0.3) is 5.91 Å². The van der Waals surface area contributed by atoms with Gasteiger partial charge in [0.15, 0.2) is 6.10 Å². The van der Waals surface area contributed by atoms with Crippen LogP contribution >= 0.6 is 11.6 Å². The number of hydrogen-bond acceptors (Lipinski definition) is 3. The van der Waals surface area contributed by atoms with Crippen molar-refractivity contribution in [3.05, 3.63) is 59.1 Å². The number of halogens is 1. The highest BCUT2D eigenvalue weighted by Gasteiger charge is 2.15. The van der Waals surface area contributed by atoms with E-state index >= 15 is 0 Å². The molecule has 0 aliphatic rings. The monoisotopic (exact) mass is 333 g/mol. The van der Waals surface area contributed by atoms with Crippen molar-refractivity contribution < 1.29 is 14.3 Å². The first-order chi connectivity index (χ1) is 11.1. The molecule has 2 aromatic rings. The van der Waals surface area contributed by atoms with Gasteiger partial charge in [-0.05, 0) is 43.7 Å². The molecule has 1 amide bonds. The Balaban J connectivity index is 1.73. The fourth-order valence-electron chi connectivity index (χ4n) is 1.98. The van der Waals surface area contributed by atoms with Gasteiger partial charge >= 0.3 is 0 Å². The minimum atomic E-state index is -0.631. The summed E-state index contributed by atoms with van der Waals surface area (Å²) in [6, 6.07) is 14.8. The Morgan fingerprint density at radius 2 is 2.00 bits per heavy atom. The van der Waals surface area contributed by atoms with Gasteiger partial charge in [-0.15, -0.1) is 0 Å². The predicted octanol–water partition coefficient (Wildman–Crippen LogP) is 3.61. The number of benzene rings is 2. The van der Waals surface area contributed by atoms with E-state index in [9.17, 15) is 4.79 Å². The van der Waals surface area contributed by atoms with Crippen molar-refractivity contribution in [2.75, 3.05) is 13.2 Å². The number of amides is 1. The minimum Gasteiger partial charge on any atom is -0.492 e. The molecule has 0 unspecified atom stereocenters. The van der Waals surface area contributed by atoms with Crippen LogP contribution in [0.3, 0.4) is 0 Å². The maximum Gasteiger partial charge on any atom is 0.260 e. The van der Waals surface area contributed by atoms with E-state index in [1.807, 2.05) is 43.3 Å². The summed E-state index contributed by atoms with van der Waals surface area (Å²) in [5.74, 6) is 1.07. The van der Waals surface area contributed by atoms with Crippen LogP contribution in [-0.4, -0.2) is 25.2 Å². The number of para-hydroxylation sites is 1. The first-order valence-corrected chi connectivity index (χ1v) is 7.82. The summed E-state index contributed by atoms with van der Waals surface area (Å²) in [4.78, 5) is 12.0. The zero-order valence-corrected chi connectivity index (χ0v) is 14.0. The van der Waals surface area contributed by atoms with E-state index in [1.165, 1.54) is 0 Å². The molecule has 0 aromatic heterocycles. The number of nitrogens with one attached hydrogen (secondary N) is 1. The molecule has 0 saturated heterocycles. The van der Waals surface area contributed by atoms with Crippen molar-refractivity contribution in [3.8, 4) is 11.5 Å². The van der Waals surface area contributed by atoms with Crippen LogP contribution in [0.15, 0.2) is 48.5 Å². The van der Waals surface area contributed by atoms with Crippen molar-refractivity contribution in [1.29, 1.82) is 0 Å². The normalized spacial score (nSPS) is 11.6.